The molecule has 0 saturated carbocycles. The van der Waals surface area contributed by atoms with E-state index in [4.69, 9.17) is 9.47 Å². The van der Waals surface area contributed by atoms with Gasteiger partial charge in [0.15, 0.2) is 0 Å². The van der Waals surface area contributed by atoms with E-state index in [0.717, 1.165) is 0 Å². The van der Waals surface area contributed by atoms with Crippen LogP contribution in [0.3, 0.4) is 0 Å². The average molecular weight is 385 g/mol. The Labute approximate surface area is 163 Å². The molecule has 0 radical (unpaired) electrons. The van der Waals surface area contributed by atoms with Crippen molar-refractivity contribution in [2.24, 2.45) is 0 Å². The number of carbonyl (C=O) groups excluding carboxylic acids is 2. The van der Waals surface area contributed by atoms with E-state index in [1.807, 2.05) is 4.90 Å². The first kappa shape index (κ1) is 19.4. The van der Waals surface area contributed by atoms with Gasteiger partial charge >= 0.3 is 0 Å². The second kappa shape index (κ2) is 8.55. The van der Waals surface area contributed by atoms with Gasteiger partial charge in [-0.25, -0.2) is 9.97 Å². The highest BCUT2D eigenvalue weighted by Crippen LogP contribution is 2.29. The number of amides is 2. The van der Waals surface area contributed by atoms with E-state index in [2.05, 4.69) is 15.3 Å². The van der Waals surface area contributed by atoms with Crippen molar-refractivity contribution < 1.29 is 19.1 Å². The van der Waals surface area contributed by atoms with Crippen LogP contribution in [0.4, 0.5) is 11.5 Å². The summed E-state index contributed by atoms with van der Waals surface area (Å²) in [5, 5.41) is 2.80. The van der Waals surface area contributed by atoms with Gasteiger partial charge in [0.05, 0.1) is 19.9 Å². The molecular weight excluding hydrogens is 362 g/mol. The molecule has 0 unspecified atom stereocenters. The highest BCUT2D eigenvalue weighted by Gasteiger charge is 2.21. The predicted octanol–water partition coefficient (Wildman–Crippen LogP) is 1.41. The molecule has 0 aliphatic carbocycles. The van der Waals surface area contributed by atoms with Gasteiger partial charge in [-0.1, -0.05) is 0 Å². The molecule has 2 heterocycles. The molecule has 148 valence electrons. The fraction of sp³-hybridized carbons (Fsp3) is 0.368. The summed E-state index contributed by atoms with van der Waals surface area (Å²) in [5.74, 6) is 1.46. The van der Waals surface area contributed by atoms with Crippen LogP contribution in [0.25, 0.3) is 0 Å². The van der Waals surface area contributed by atoms with E-state index in [-0.39, 0.29) is 17.5 Å². The Morgan fingerprint density at radius 3 is 2.43 bits per heavy atom. The van der Waals surface area contributed by atoms with Crippen LogP contribution in [-0.2, 0) is 4.79 Å². The summed E-state index contributed by atoms with van der Waals surface area (Å²) in [6.45, 7) is 4.13. The molecule has 1 aromatic carbocycles. The molecule has 1 aromatic heterocycles. The SMILES string of the molecule is COc1ccc(OC)c(NC(=O)c2cc(N3CCN(C(C)=O)CC3)ncn2)c1. The van der Waals surface area contributed by atoms with Crippen molar-refractivity contribution in [2.45, 2.75) is 6.92 Å². The van der Waals surface area contributed by atoms with Crippen molar-refractivity contribution in [2.75, 3.05) is 50.6 Å². The number of ether oxygens (including phenoxy) is 2. The number of piperazine rings is 1. The number of rotatable bonds is 5. The second-order valence-corrected chi connectivity index (χ2v) is 6.27. The Morgan fingerprint density at radius 1 is 1.04 bits per heavy atom. The molecule has 1 fully saturated rings. The third-order valence-electron chi connectivity index (χ3n) is 4.59. The number of methoxy groups -OCH3 is 2. The quantitative estimate of drug-likeness (QED) is 0.831. The maximum absolute atomic E-state index is 12.7. The lowest BCUT2D eigenvalue weighted by atomic mass is 10.2. The van der Waals surface area contributed by atoms with Crippen molar-refractivity contribution in [3.63, 3.8) is 0 Å². The minimum absolute atomic E-state index is 0.0645. The summed E-state index contributed by atoms with van der Waals surface area (Å²) in [7, 11) is 3.08. The van der Waals surface area contributed by atoms with Gasteiger partial charge in [0, 0.05) is 45.2 Å². The van der Waals surface area contributed by atoms with Crippen LogP contribution in [0.15, 0.2) is 30.6 Å². The van der Waals surface area contributed by atoms with Crippen molar-refractivity contribution in [1.29, 1.82) is 0 Å². The summed E-state index contributed by atoms with van der Waals surface area (Å²) in [6, 6.07) is 6.79. The van der Waals surface area contributed by atoms with Crippen LogP contribution in [0.1, 0.15) is 17.4 Å². The third-order valence-corrected chi connectivity index (χ3v) is 4.59. The summed E-state index contributed by atoms with van der Waals surface area (Å²) < 4.78 is 10.5. The first-order valence-electron chi connectivity index (χ1n) is 8.87. The number of hydrogen-bond donors (Lipinski definition) is 1. The fourth-order valence-electron chi connectivity index (χ4n) is 2.99. The van der Waals surface area contributed by atoms with E-state index < -0.39 is 0 Å². The second-order valence-electron chi connectivity index (χ2n) is 6.27. The molecule has 0 bridgehead atoms. The number of aromatic nitrogens is 2. The lowest BCUT2D eigenvalue weighted by molar-refractivity contribution is -0.129. The summed E-state index contributed by atoms with van der Waals surface area (Å²) >= 11 is 0. The molecule has 1 aliphatic rings. The van der Waals surface area contributed by atoms with Crippen molar-refractivity contribution in [3.05, 3.63) is 36.3 Å². The van der Waals surface area contributed by atoms with Gasteiger partial charge in [0.1, 0.15) is 29.3 Å². The number of anilines is 2. The highest BCUT2D eigenvalue weighted by molar-refractivity contribution is 6.04. The predicted molar refractivity (Wildman–Crippen MR) is 104 cm³/mol. The maximum Gasteiger partial charge on any atom is 0.274 e. The molecule has 9 heteroatoms. The lowest BCUT2D eigenvalue weighted by Crippen LogP contribution is -2.48. The lowest BCUT2D eigenvalue weighted by Gasteiger charge is -2.34. The van der Waals surface area contributed by atoms with Gasteiger partial charge in [-0.05, 0) is 12.1 Å². The molecule has 2 amide bonds. The minimum Gasteiger partial charge on any atom is -0.497 e. The van der Waals surface area contributed by atoms with Crippen LogP contribution in [0.2, 0.25) is 0 Å². The van der Waals surface area contributed by atoms with Gasteiger partial charge in [-0.3, -0.25) is 9.59 Å². The summed E-state index contributed by atoms with van der Waals surface area (Å²) in [4.78, 5) is 36.3. The van der Waals surface area contributed by atoms with Gasteiger partial charge < -0.3 is 24.6 Å². The van der Waals surface area contributed by atoms with Crippen LogP contribution in [0.5, 0.6) is 11.5 Å². The summed E-state index contributed by atoms with van der Waals surface area (Å²) in [6.07, 6.45) is 1.37. The first-order valence-corrected chi connectivity index (χ1v) is 8.87. The van der Waals surface area contributed by atoms with Crippen molar-refractivity contribution in [3.8, 4) is 11.5 Å². The van der Waals surface area contributed by atoms with Crippen LogP contribution < -0.4 is 19.7 Å². The molecule has 1 N–H and O–H groups in total. The van der Waals surface area contributed by atoms with Crippen LogP contribution in [0, 0.1) is 0 Å². The minimum atomic E-state index is -0.377. The third kappa shape index (κ3) is 4.30. The molecule has 2 aromatic rings. The molecule has 1 aliphatic heterocycles. The molecule has 0 atom stereocenters. The molecular formula is C19H23N5O4. The zero-order valence-corrected chi connectivity index (χ0v) is 16.1. The Kier molecular flexibility index (Phi) is 5.93. The number of carbonyl (C=O) groups is 2. The molecule has 0 spiro atoms. The number of hydrogen-bond acceptors (Lipinski definition) is 7. The molecule has 9 nitrogen and oxygen atoms in total. The Balaban J connectivity index is 1.74. The van der Waals surface area contributed by atoms with Crippen molar-refractivity contribution in [1.82, 2.24) is 14.9 Å². The van der Waals surface area contributed by atoms with E-state index in [0.29, 0.717) is 49.2 Å². The van der Waals surface area contributed by atoms with Crippen LogP contribution >= 0.6 is 0 Å². The maximum atomic E-state index is 12.7. The number of nitrogens with one attached hydrogen (secondary N) is 1. The smallest absolute Gasteiger partial charge is 0.274 e. The normalized spacial score (nSPS) is 13.8. The topological polar surface area (TPSA) is 96.9 Å². The van der Waals surface area contributed by atoms with Crippen LogP contribution in [-0.4, -0.2) is 67.1 Å². The summed E-state index contributed by atoms with van der Waals surface area (Å²) in [5.41, 5.74) is 0.728. The fourth-order valence-corrected chi connectivity index (χ4v) is 2.99. The molecule has 1 saturated heterocycles. The van der Waals surface area contributed by atoms with Gasteiger partial charge in [-0.2, -0.15) is 0 Å². The Bertz CT molecular complexity index is 865. The monoisotopic (exact) mass is 385 g/mol. The highest BCUT2D eigenvalue weighted by atomic mass is 16.5. The zero-order valence-electron chi connectivity index (χ0n) is 16.1. The zero-order chi connectivity index (χ0) is 20.1. The van der Waals surface area contributed by atoms with Gasteiger partial charge in [0.25, 0.3) is 5.91 Å². The largest absolute Gasteiger partial charge is 0.497 e. The molecule has 3 rings (SSSR count). The molecule has 28 heavy (non-hydrogen) atoms. The number of benzene rings is 1. The number of nitrogens with zero attached hydrogens (tertiary/aromatic N) is 4. The van der Waals surface area contributed by atoms with E-state index in [1.54, 1.807) is 43.2 Å². The Hall–Kier alpha value is -3.36. The van der Waals surface area contributed by atoms with E-state index in [1.165, 1.54) is 13.4 Å². The van der Waals surface area contributed by atoms with Gasteiger partial charge in [-0.15, -0.1) is 0 Å². The van der Waals surface area contributed by atoms with Gasteiger partial charge in [0.2, 0.25) is 5.91 Å². The first-order chi connectivity index (χ1) is 13.5. The average Bonchev–Trinajstić information content (AvgIpc) is 2.73. The standard InChI is InChI=1S/C19H23N5O4/c1-13(25)23-6-8-24(9-7-23)18-11-16(20-12-21-18)19(26)22-15-10-14(27-2)4-5-17(15)28-3/h4-5,10-12H,6-9H2,1-3H3,(H,22,26). The van der Waals surface area contributed by atoms with E-state index >= 15 is 0 Å². The van der Waals surface area contributed by atoms with E-state index in [9.17, 15) is 9.59 Å². The van der Waals surface area contributed by atoms with Crippen molar-refractivity contribution >= 4 is 23.3 Å². The Morgan fingerprint density at radius 2 is 1.79 bits per heavy atom.